The van der Waals surface area contributed by atoms with Crippen molar-refractivity contribution in [2.45, 2.75) is 167 Å². The summed E-state index contributed by atoms with van der Waals surface area (Å²) in [6, 6.07) is 3.30. The smallest absolute Gasteiger partial charge is 0.0101 e. The van der Waals surface area contributed by atoms with Crippen LogP contribution in [-0.4, -0.2) is 24.2 Å². The SMILES string of the molecule is CC(C)(C)C1CCCC(NC2CCC(C3CCC(NC4CCCC5CCCCC54)CC3)CC2)C1. The highest BCUT2D eigenvalue weighted by atomic mass is 15.0. The Morgan fingerprint density at radius 1 is 0.471 bits per heavy atom. The molecule has 34 heavy (non-hydrogen) atoms. The van der Waals surface area contributed by atoms with Crippen LogP contribution in [0.1, 0.15) is 143 Å². The van der Waals surface area contributed by atoms with Crippen LogP contribution in [0.5, 0.6) is 0 Å². The number of hydrogen-bond acceptors (Lipinski definition) is 2. The standard InChI is InChI=1S/C32H58N2/c1-32(2,3)26-10-7-11-29(22-26)33-27-18-14-23(15-19-27)24-16-20-28(21-17-24)34-31-13-6-9-25-8-4-5-12-30(25)31/h23-31,33-34H,4-22H2,1-3H3. The van der Waals surface area contributed by atoms with Crippen molar-refractivity contribution in [3.63, 3.8) is 0 Å². The third-order valence-electron chi connectivity index (χ3n) is 11.6. The molecule has 196 valence electrons. The van der Waals surface area contributed by atoms with E-state index in [4.69, 9.17) is 0 Å². The Kier molecular flexibility index (Phi) is 8.67. The maximum Gasteiger partial charge on any atom is 0.0101 e. The average Bonchev–Trinajstić information content (AvgIpc) is 2.85. The van der Waals surface area contributed by atoms with Crippen molar-refractivity contribution in [1.29, 1.82) is 0 Å². The Balaban J connectivity index is 1.01. The highest BCUT2D eigenvalue weighted by Crippen LogP contribution is 2.43. The van der Waals surface area contributed by atoms with E-state index in [2.05, 4.69) is 31.4 Å². The summed E-state index contributed by atoms with van der Waals surface area (Å²) in [5.41, 5.74) is 0.487. The van der Waals surface area contributed by atoms with E-state index in [1.54, 1.807) is 0 Å². The molecule has 0 aliphatic heterocycles. The monoisotopic (exact) mass is 470 g/mol. The van der Waals surface area contributed by atoms with Crippen LogP contribution in [0.25, 0.3) is 0 Å². The second kappa shape index (κ2) is 11.5. The molecule has 0 amide bonds. The second-order valence-electron chi connectivity index (χ2n) is 14.7. The summed E-state index contributed by atoms with van der Waals surface area (Å²) in [6.45, 7) is 7.37. The van der Waals surface area contributed by atoms with Gasteiger partial charge in [0.15, 0.2) is 0 Å². The molecule has 0 aromatic heterocycles. The lowest BCUT2D eigenvalue weighted by Gasteiger charge is -2.45. The number of rotatable bonds is 5. The van der Waals surface area contributed by atoms with Crippen LogP contribution in [-0.2, 0) is 0 Å². The van der Waals surface area contributed by atoms with Crippen LogP contribution in [0.3, 0.4) is 0 Å². The summed E-state index contributed by atoms with van der Waals surface area (Å²) in [7, 11) is 0. The molecule has 0 bridgehead atoms. The molecule has 0 radical (unpaired) electrons. The quantitative estimate of drug-likeness (QED) is 0.422. The van der Waals surface area contributed by atoms with Crippen LogP contribution in [0.15, 0.2) is 0 Å². The number of fused-ring (bicyclic) bond motifs is 1. The van der Waals surface area contributed by atoms with Gasteiger partial charge in [0.05, 0.1) is 0 Å². The molecule has 5 aliphatic carbocycles. The van der Waals surface area contributed by atoms with Gasteiger partial charge in [-0.2, -0.15) is 0 Å². The lowest BCUT2D eigenvalue weighted by atomic mass is 9.67. The van der Waals surface area contributed by atoms with E-state index in [0.717, 1.165) is 53.8 Å². The average molecular weight is 471 g/mol. The maximum absolute atomic E-state index is 4.24. The van der Waals surface area contributed by atoms with Gasteiger partial charge in [-0.3, -0.25) is 0 Å². The molecule has 5 aliphatic rings. The Morgan fingerprint density at radius 3 is 1.74 bits per heavy atom. The first-order valence-electron chi connectivity index (χ1n) is 16.0. The van der Waals surface area contributed by atoms with Crippen molar-refractivity contribution in [1.82, 2.24) is 10.6 Å². The third kappa shape index (κ3) is 6.42. The zero-order valence-electron chi connectivity index (χ0n) is 23.1. The largest absolute Gasteiger partial charge is 0.311 e. The van der Waals surface area contributed by atoms with Gasteiger partial charge in [0, 0.05) is 24.2 Å². The highest BCUT2D eigenvalue weighted by molar-refractivity contribution is 4.93. The molecule has 5 atom stereocenters. The molecular formula is C32H58N2. The molecule has 2 nitrogen and oxygen atoms in total. The molecule has 2 heteroatoms. The summed E-state index contributed by atoms with van der Waals surface area (Å²) in [6.07, 6.45) is 28.1. The van der Waals surface area contributed by atoms with Gasteiger partial charge in [0.1, 0.15) is 0 Å². The van der Waals surface area contributed by atoms with Crippen LogP contribution in [0.4, 0.5) is 0 Å². The van der Waals surface area contributed by atoms with E-state index in [9.17, 15) is 0 Å². The summed E-state index contributed by atoms with van der Waals surface area (Å²) >= 11 is 0. The van der Waals surface area contributed by atoms with Crippen molar-refractivity contribution in [3.8, 4) is 0 Å². The topological polar surface area (TPSA) is 24.1 Å². The Hall–Kier alpha value is -0.0800. The van der Waals surface area contributed by atoms with E-state index >= 15 is 0 Å². The first kappa shape index (κ1) is 25.6. The van der Waals surface area contributed by atoms with Gasteiger partial charge in [-0.15, -0.1) is 0 Å². The van der Waals surface area contributed by atoms with Gasteiger partial charge in [-0.25, -0.2) is 0 Å². The van der Waals surface area contributed by atoms with Crippen LogP contribution >= 0.6 is 0 Å². The van der Waals surface area contributed by atoms with Gasteiger partial charge in [0.25, 0.3) is 0 Å². The van der Waals surface area contributed by atoms with Gasteiger partial charge < -0.3 is 10.6 Å². The van der Waals surface area contributed by atoms with E-state index in [1.807, 2.05) is 0 Å². The normalized spacial score (nSPS) is 44.4. The molecule has 0 heterocycles. The van der Waals surface area contributed by atoms with Crippen molar-refractivity contribution in [3.05, 3.63) is 0 Å². The summed E-state index contributed by atoms with van der Waals surface area (Å²) in [5.74, 6) is 5.06. The van der Waals surface area contributed by atoms with E-state index < -0.39 is 0 Å². The predicted octanol–water partition coefficient (Wildman–Crippen LogP) is 8.25. The number of nitrogens with one attached hydrogen (secondary N) is 2. The fraction of sp³-hybridized carbons (Fsp3) is 1.00. The van der Waals surface area contributed by atoms with E-state index in [-0.39, 0.29) is 0 Å². The minimum absolute atomic E-state index is 0.487. The van der Waals surface area contributed by atoms with Crippen molar-refractivity contribution >= 4 is 0 Å². The lowest BCUT2D eigenvalue weighted by Crippen LogP contribution is -2.49. The molecule has 2 N–H and O–H groups in total. The molecule has 0 spiro atoms. The highest BCUT2D eigenvalue weighted by Gasteiger charge is 2.38. The minimum atomic E-state index is 0.487. The Morgan fingerprint density at radius 2 is 1.06 bits per heavy atom. The predicted molar refractivity (Wildman–Crippen MR) is 146 cm³/mol. The molecule has 0 aromatic rings. The first-order valence-corrected chi connectivity index (χ1v) is 16.0. The van der Waals surface area contributed by atoms with Crippen LogP contribution in [0, 0.1) is 35.0 Å². The van der Waals surface area contributed by atoms with Gasteiger partial charge in [-0.1, -0.05) is 59.3 Å². The Bertz CT molecular complexity index is 605. The minimum Gasteiger partial charge on any atom is -0.311 e. The summed E-state index contributed by atoms with van der Waals surface area (Å²) in [4.78, 5) is 0. The van der Waals surface area contributed by atoms with Gasteiger partial charge in [-0.05, 0) is 118 Å². The molecule has 5 rings (SSSR count). The summed E-state index contributed by atoms with van der Waals surface area (Å²) < 4.78 is 0. The van der Waals surface area contributed by atoms with Gasteiger partial charge in [0.2, 0.25) is 0 Å². The van der Waals surface area contributed by atoms with Crippen LogP contribution < -0.4 is 10.6 Å². The zero-order chi connectivity index (χ0) is 23.5. The Labute approximate surface area is 212 Å². The zero-order valence-corrected chi connectivity index (χ0v) is 23.1. The lowest BCUT2D eigenvalue weighted by molar-refractivity contribution is 0.101. The van der Waals surface area contributed by atoms with Crippen molar-refractivity contribution in [2.75, 3.05) is 0 Å². The maximum atomic E-state index is 4.24. The number of hydrogen-bond donors (Lipinski definition) is 2. The molecule has 5 fully saturated rings. The first-order chi connectivity index (χ1) is 16.5. The van der Waals surface area contributed by atoms with E-state index in [1.165, 1.54) is 122 Å². The molecule has 0 saturated heterocycles. The second-order valence-corrected chi connectivity index (χ2v) is 14.7. The molecule has 5 unspecified atom stereocenters. The van der Waals surface area contributed by atoms with Crippen molar-refractivity contribution < 1.29 is 0 Å². The van der Waals surface area contributed by atoms with Crippen molar-refractivity contribution in [2.24, 2.45) is 35.0 Å². The molecule has 0 aromatic carbocycles. The fourth-order valence-electron chi connectivity index (χ4n) is 9.42. The molecular weight excluding hydrogens is 412 g/mol. The van der Waals surface area contributed by atoms with E-state index in [0.29, 0.717) is 5.41 Å². The molecule has 5 saturated carbocycles. The van der Waals surface area contributed by atoms with Gasteiger partial charge >= 0.3 is 0 Å². The fourth-order valence-corrected chi connectivity index (χ4v) is 9.42. The van der Waals surface area contributed by atoms with Crippen LogP contribution in [0.2, 0.25) is 0 Å². The third-order valence-corrected chi connectivity index (χ3v) is 11.6. The summed E-state index contributed by atoms with van der Waals surface area (Å²) in [5, 5.41) is 8.39.